The van der Waals surface area contributed by atoms with E-state index >= 15 is 0 Å². The third kappa shape index (κ3) is 2.74. The van der Waals surface area contributed by atoms with Crippen LogP contribution in [0.25, 0.3) is 0 Å². The van der Waals surface area contributed by atoms with Crippen molar-refractivity contribution in [3.8, 4) is 5.75 Å². The summed E-state index contributed by atoms with van der Waals surface area (Å²) in [4.78, 5) is 0. The number of aliphatic hydroxyl groups is 1. The van der Waals surface area contributed by atoms with Crippen LogP contribution in [0.2, 0.25) is 0 Å². The normalized spacial score (nSPS) is 12.7. The van der Waals surface area contributed by atoms with Gasteiger partial charge >= 0.3 is 0 Å². The molecule has 0 saturated heterocycles. The van der Waals surface area contributed by atoms with Crippen LogP contribution in [-0.2, 0) is 0 Å². The van der Waals surface area contributed by atoms with Crippen LogP contribution in [-0.4, -0.2) is 11.2 Å². The summed E-state index contributed by atoms with van der Waals surface area (Å²) >= 11 is 0. The van der Waals surface area contributed by atoms with Gasteiger partial charge in [-0.05, 0) is 44.5 Å². The van der Waals surface area contributed by atoms with Crippen molar-refractivity contribution < 1.29 is 14.3 Å². The molecule has 0 aliphatic heterocycles. The molecule has 3 heteroatoms. The van der Waals surface area contributed by atoms with Crippen molar-refractivity contribution in [1.29, 1.82) is 0 Å². The smallest absolute Gasteiger partial charge is 0.119 e. The summed E-state index contributed by atoms with van der Waals surface area (Å²) in [6.45, 7) is 5.81. The second-order valence-electron chi connectivity index (χ2n) is 4.57. The van der Waals surface area contributed by atoms with Crippen LogP contribution in [0.15, 0.2) is 41.0 Å². The quantitative estimate of drug-likeness (QED) is 0.898. The van der Waals surface area contributed by atoms with Gasteiger partial charge in [-0.1, -0.05) is 12.1 Å². The zero-order valence-electron chi connectivity index (χ0n) is 10.9. The van der Waals surface area contributed by atoms with Crippen LogP contribution < -0.4 is 4.74 Å². The molecule has 96 valence electrons. The predicted molar refractivity (Wildman–Crippen MR) is 69.7 cm³/mol. The zero-order chi connectivity index (χ0) is 13.1. The van der Waals surface area contributed by atoms with E-state index in [1.54, 1.807) is 12.3 Å². The Morgan fingerprint density at radius 3 is 2.28 bits per heavy atom. The van der Waals surface area contributed by atoms with E-state index in [0.29, 0.717) is 0 Å². The second-order valence-corrected chi connectivity index (χ2v) is 4.57. The Balaban J connectivity index is 2.17. The fourth-order valence-electron chi connectivity index (χ4n) is 1.86. The van der Waals surface area contributed by atoms with Gasteiger partial charge in [-0.15, -0.1) is 0 Å². The molecule has 1 heterocycles. The molecule has 1 aromatic carbocycles. The Hall–Kier alpha value is -1.74. The van der Waals surface area contributed by atoms with Gasteiger partial charge in [0.25, 0.3) is 0 Å². The van der Waals surface area contributed by atoms with E-state index in [9.17, 15) is 5.11 Å². The van der Waals surface area contributed by atoms with E-state index in [4.69, 9.17) is 9.15 Å². The number of hydrogen-bond acceptors (Lipinski definition) is 3. The third-order valence-corrected chi connectivity index (χ3v) is 2.76. The molecule has 18 heavy (non-hydrogen) atoms. The third-order valence-electron chi connectivity index (χ3n) is 2.76. The van der Waals surface area contributed by atoms with E-state index in [1.165, 1.54) is 0 Å². The van der Waals surface area contributed by atoms with E-state index < -0.39 is 6.10 Å². The minimum atomic E-state index is -0.656. The van der Waals surface area contributed by atoms with Gasteiger partial charge in [0.1, 0.15) is 17.6 Å². The second kappa shape index (κ2) is 5.27. The molecule has 0 amide bonds. The Morgan fingerprint density at radius 1 is 1.11 bits per heavy atom. The zero-order valence-corrected chi connectivity index (χ0v) is 10.9. The van der Waals surface area contributed by atoms with Gasteiger partial charge < -0.3 is 14.3 Å². The van der Waals surface area contributed by atoms with E-state index in [2.05, 4.69) is 0 Å². The van der Waals surface area contributed by atoms with Crippen LogP contribution in [0.4, 0.5) is 0 Å². The largest absolute Gasteiger partial charge is 0.491 e. The van der Waals surface area contributed by atoms with Gasteiger partial charge in [0.2, 0.25) is 0 Å². The lowest BCUT2D eigenvalue weighted by molar-refractivity contribution is 0.217. The van der Waals surface area contributed by atoms with Crippen molar-refractivity contribution >= 4 is 0 Å². The molecule has 0 saturated carbocycles. The summed E-state index contributed by atoms with van der Waals surface area (Å²) in [6.07, 6.45) is 1.08. The van der Waals surface area contributed by atoms with Gasteiger partial charge in [0.05, 0.1) is 12.4 Å². The number of hydrogen-bond donors (Lipinski definition) is 1. The number of rotatable bonds is 4. The Labute approximate surface area is 107 Å². The van der Waals surface area contributed by atoms with Crippen molar-refractivity contribution in [3.63, 3.8) is 0 Å². The van der Waals surface area contributed by atoms with E-state index in [0.717, 1.165) is 22.6 Å². The maximum absolute atomic E-state index is 10.2. The SMILES string of the molecule is Cc1occc1C(O)c1ccc(OC(C)C)cc1. The Morgan fingerprint density at radius 2 is 1.78 bits per heavy atom. The highest BCUT2D eigenvalue weighted by atomic mass is 16.5. The van der Waals surface area contributed by atoms with Crippen molar-refractivity contribution in [2.24, 2.45) is 0 Å². The first-order valence-electron chi connectivity index (χ1n) is 6.06. The molecule has 0 aliphatic rings. The van der Waals surface area contributed by atoms with Crippen LogP contribution >= 0.6 is 0 Å². The number of ether oxygens (including phenoxy) is 1. The lowest BCUT2D eigenvalue weighted by Crippen LogP contribution is -2.06. The van der Waals surface area contributed by atoms with Crippen LogP contribution in [0.1, 0.15) is 36.8 Å². The minimum absolute atomic E-state index is 0.150. The average Bonchev–Trinajstić information content (AvgIpc) is 2.75. The molecule has 0 spiro atoms. The molecule has 0 fully saturated rings. The predicted octanol–water partition coefficient (Wildman–Crippen LogP) is 3.46. The van der Waals surface area contributed by atoms with Crippen LogP contribution in [0, 0.1) is 6.92 Å². The lowest BCUT2D eigenvalue weighted by Gasteiger charge is -2.13. The number of aryl methyl sites for hydroxylation is 1. The molecule has 3 nitrogen and oxygen atoms in total. The van der Waals surface area contributed by atoms with Gasteiger partial charge in [0, 0.05) is 5.56 Å². The standard InChI is InChI=1S/C15H18O3/c1-10(2)18-13-6-4-12(5-7-13)15(16)14-8-9-17-11(14)3/h4-10,15-16H,1-3H3. The first-order valence-corrected chi connectivity index (χ1v) is 6.06. The van der Waals surface area contributed by atoms with Gasteiger partial charge in [-0.3, -0.25) is 0 Å². The minimum Gasteiger partial charge on any atom is -0.491 e. The van der Waals surface area contributed by atoms with Crippen molar-refractivity contribution in [2.45, 2.75) is 33.0 Å². The summed E-state index contributed by atoms with van der Waals surface area (Å²) in [7, 11) is 0. The van der Waals surface area contributed by atoms with E-state index in [-0.39, 0.29) is 6.10 Å². The van der Waals surface area contributed by atoms with Gasteiger partial charge in [-0.25, -0.2) is 0 Å². The Bertz CT molecular complexity index is 497. The van der Waals surface area contributed by atoms with Crippen LogP contribution in [0.5, 0.6) is 5.75 Å². The number of aliphatic hydroxyl groups excluding tert-OH is 1. The van der Waals surface area contributed by atoms with Crippen LogP contribution in [0.3, 0.4) is 0 Å². The maximum atomic E-state index is 10.2. The first-order chi connectivity index (χ1) is 8.58. The molecule has 1 aromatic heterocycles. The fraction of sp³-hybridized carbons (Fsp3) is 0.333. The summed E-state index contributed by atoms with van der Waals surface area (Å²) in [6, 6.07) is 9.27. The molecule has 1 N–H and O–H groups in total. The van der Waals surface area contributed by atoms with Crippen molar-refractivity contribution in [1.82, 2.24) is 0 Å². The lowest BCUT2D eigenvalue weighted by atomic mass is 10.0. The molecule has 0 aliphatic carbocycles. The highest BCUT2D eigenvalue weighted by molar-refractivity contribution is 5.34. The highest BCUT2D eigenvalue weighted by Crippen LogP contribution is 2.26. The molecule has 0 bridgehead atoms. The molecular weight excluding hydrogens is 228 g/mol. The molecule has 1 atom stereocenters. The van der Waals surface area contributed by atoms with Gasteiger partial charge in [0.15, 0.2) is 0 Å². The molecule has 1 unspecified atom stereocenters. The van der Waals surface area contributed by atoms with Crippen molar-refractivity contribution in [3.05, 3.63) is 53.5 Å². The average molecular weight is 246 g/mol. The van der Waals surface area contributed by atoms with Crippen molar-refractivity contribution in [2.75, 3.05) is 0 Å². The molecular formula is C15H18O3. The number of furan rings is 1. The fourth-order valence-corrected chi connectivity index (χ4v) is 1.86. The van der Waals surface area contributed by atoms with E-state index in [1.807, 2.05) is 45.0 Å². The Kier molecular flexibility index (Phi) is 3.72. The summed E-state index contributed by atoms with van der Waals surface area (Å²) in [5.74, 6) is 1.55. The first kappa shape index (κ1) is 12.7. The summed E-state index contributed by atoms with van der Waals surface area (Å²) in [5, 5.41) is 10.2. The number of benzene rings is 1. The molecule has 2 rings (SSSR count). The summed E-state index contributed by atoms with van der Waals surface area (Å²) in [5.41, 5.74) is 1.63. The molecule has 2 aromatic rings. The highest BCUT2D eigenvalue weighted by Gasteiger charge is 2.14. The topological polar surface area (TPSA) is 42.6 Å². The molecule has 0 radical (unpaired) electrons. The van der Waals surface area contributed by atoms with Gasteiger partial charge in [-0.2, -0.15) is 0 Å². The maximum Gasteiger partial charge on any atom is 0.119 e. The monoisotopic (exact) mass is 246 g/mol. The summed E-state index contributed by atoms with van der Waals surface area (Å²) < 4.78 is 10.8.